The van der Waals surface area contributed by atoms with Gasteiger partial charge in [-0.3, -0.25) is 4.79 Å². The number of carbonyl (C=O) groups excluding carboxylic acids is 1. The lowest BCUT2D eigenvalue weighted by molar-refractivity contribution is -0.226. The topological polar surface area (TPSA) is 116 Å². The maximum atomic E-state index is 13.5. The minimum Gasteiger partial charge on any atom is -0.394 e. The van der Waals surface area contributed by atoms with E-state index in [1.54, 1.807) is 4.90 Å². The standard InChI is InChI=1S/C42H84N2O5/c1-3-5-7-9-11-13-15-17-19-21-23-25-27-29-31-33-35-44(42-39(43)41(48)40(47)37(36-45)49-42)38(46)34-32-30-28-26-24-22-20-18-16-14-12-10-8-6-4-2/h37,39-42,45,47-48H,3-36,43H2,1-2H3/t37-,39-,40-,41-,42-/m1/s1. The summed E-state index contributed by atoms with van der Waals surface area (Å²) in [5.41, 5.74) is 6.30. The van der Waals surface area contributed by atoms with E-state index in [1.165, 1.54) is 161 Å². The van der Waals surface area contributed by atoms with Crippen molar-refractivity contribution in [2.45, 2.75) is 250 Å². The van der Waals surface area contributed by atoms with Crippen LogP contribution in [0.1, 0.15) is 219 Å². The predicted molar refractivity (Wildman–Crippen MR) is 207 cm³/mol. The maximum absolute atomic E-state index is 13.5. The molecule has 0 unspecified atom stereocenters. The van der Waals surface area contributed by atoms with Gasteiger partial charge in [0.25, 0.3) is 0 Å². The van der Waals surface area contributed by atoms with Crippen molar-refractivity contribution in [2.24, 2.45) is 5.73 Å². The number of hydrogen-bond acceptors (Lipinski definition) is 6. The lowest BCUT2D eigenvalue weighted by Crippen LogP contribution is -2.67. The summed E-state index contributed by atoms with van der Waals surface area (Å²) >= 11 is 0. The Morgan fingerprint density at radius 3 is 1.20 bits per heavy atom. The number of hydrogen-bond donors (Lipinski definition) is 4. The molecular formula is C42H84N2O5. The number of rotatable bonds is 35. The number of aliphatic hydroxyl groups excluding tert-OH is 3. The summed E-state index contributed by atoms with van der Waals surface area (Å²) in [5, 5.41) is 30.6. The summed E-state index contributed by atoms with van der Waals surface area (Å²) in [5.74, 6) is -0.00335. The molecule has 0 bridgehead atoms. The van der Waals surface area contributed by atoms with Crippen molar-refractivity contribution in [1.82, 2.24) is 4.90 Å². The SMILES string of the molecule is CCCCCCCCCCCCCCCCCCN(C(=O)CCCCCCCCCCCCCCCCC)[C@@H]1O[C@H](CO)[C@@H](O)[C@H](O)[C@H]1N. The number of amides is 1. The van der Waals surface area contributed by atoms with Gasteiger partial charge in [-0.25, -0.2) is 0 Å². The highest BCUT2D eigenvalue weighted by atomic mass is 16.5. The lowest BCUT2D eigenvalue weighted by atomic mass is 9.95. The highest BCUT2D eigenvalue weighted by molar-refractivity contribution is 5.76. The van der Waals surface area contributed by atoms with Gasteiger partial charge in [0.2, 0.25) is 5.91 Å². The summed E-state index contributed by atoms with van der Waals surface area (Å²) in [6, 6.07) is -0.913. The number of nitrogens with zero attached hydrogens (tertiary/aromatic N) is 1. The van der Waals surface area contributed by atoms with Crippen LogP contribution in [0, 0.1) is 0 Å². The van der Waals surface area contributed by atoms with Crippen molar-refractivity contribution >= 4 is 5.91 Å². The first kappa shape index (κ1) is 46.3. The molecule has 0 aromatic heterocycles. The van der Waals surface area contributed by atoms with Gasteiger partial charge >= 0.3 is 0 Å². The molecule has 5 N–H and O–H groups in total. The molecule has 7 nitrogen and oxygen atoms in total. The summed E-state index contributed by atoms with van der Waals surface area (Å²) in [7, 11) is 0. The molecule has 0 aromatic rings. The van der Waals surface area contributed by atoms with Crippen molar-refractivity contribution in [2.75, 3.05) is 13.2 Å². The monoisotopic (exact) mass is 697 g/mol. The van der Waals surface area contributed by atoms with Gasteiger partial charge in [-0.15, -0.1) is 0 Å². The van der Waals surface area contributed by atoms with Crippen molar-refractivity contribution in [3.05, 3.63) is 0 Å². The number of nitrogens with two attached hydrogens (primary N) is 1. The number of carbonyl (C=O) groups is 1. The Labute approximate surface area is 303 Å². The summed E-state index contributed by atoms with van der Waals surface area (Å²) in [6.45, 7) is 4.64. The van der Waals surface area contributed by atoms with Crippen LogP contribution in [-0.2, 0) is 9.53 Å². The van der Waals surface area contributed by atoms with Crippen molar-refractivity contribution < 1.29 is 24.9 Å². The van der Waals surface area contributed by atoms with Crippen LogP contribution in [0.25, 0.3) is 0 Å². The molecule has 0 spiro atoms. The molecule has 5 atom stereocenters. The second-order valence-corrected chi connectivity index (χ2v) is 15.4. The molecule has 1 aliphatic heterocycles. The zero-order valence-electron chi connectivity index (χ0n) is 32.6. The maximum Gasteiger partial charge on any atom is 0.224 e. The molecule has 1 fully saturated rings. The zero-order valence-corrected chi connectivity index (χ0v) is 32.6. The van der Waals surface area contributed by atoms with E-state index in [4.69, 9.17) is 10.5 Å². The van der Waals surface area contributed by atoms with E-state index < -0.39 is 37.2 Å². The van der Waals surface area contributed by atoms with Crippen LogP contribution < -0.4 is 5.73 Å². The zero-order chi connectivity index (χ0) is 35.8. The third-order valence-electron chi connectivity index (χ3n) is 10.8. The molecule has 1 heterocycles. The molecule has 0 aliphatic carbocycles. The molecule has 0 aromatic carbocycles. The van der Waals surface area contributed by atoms with E-state index in [-0.39, 0.29) is 5.91 Å². The largest absolute Gasteiger partial charge is 0.394 e. The molecule has 1 aliphatic rings. The molecule has 49 heavy (non-hydrogen) atoms. The first-order valence-corrected chi connectivity index (χ1v) is 21.6. The first-order valence-electron chi connectivity index (χ1n) is 21.6. The van der Waals surface area contributed by atoms with E-state index >= 15 is 0 Å². The van der Waals surface area contributed by atoms with Gasteiger partial charge in [-0.1, -0.05) is 200 Å². The Balaban J connectivity index is 2.27. The predicted octanol–water partition coefficient (Wildman–Crippen LogP) is 10.1. The van der Waals surface area contributed by atoms with Crippen LogP contribution in [0.5, 0.6) is 0 Å². The van der Waals surface area contributed by atoms with Gasteiger partial charge < -0.3 is 30.7 Å². The second kappa shape index (κ2) is 33.1. The molecule has 0 saturated carbocycles. The molecular weight excluding hydrogens is 612 g/mol. The third kappa shape index (κ3) is 23.5. The minimum atomic E-state index is -1.26. The van der Waals surface area contributed by atoms with Crippen LogP contribution in [0.15, 0.2) is 0 Å². The number of aliphatic hydroxyl groups is 3. The smallest absolute Gasteiger partial charge is 0.224 e. The number of ether oxygens (including phenoxy) is 1. The number of unbranched alkanes of at least 4 members (excludes halogenated alkanes) is 29. The van der Waals surface area contributed by atoms with Gasteiger partial charge in [0.1, 0.15) is 18.3 Å². The van der Waals surface area contributed by atoms with Crippen molar-refractivity contribution in [3.63, 3.8) is 0 Å². The van der Waals surface area contributed by atoms with Gasteiger partial charge in [0, 0.05) is 13.0 Å². The third-order valence-corrected chi connectivity index (χ3v) is 10.8. The van der Waals surface area contributed by atoms with E-state index in [2.05, 4.69) is 13.8 Å². The van der Waals surface area contributed by atoms with Gasteiger partial charge in [0.05, 0.1) is 12.6 Å². The summed E-state index contributed by atoms with van der Waals surface area (Å²) in [6.07, 6.45) is 36.1. The summed E-state index contributed by atoms with van der Waals surface area (Å²) < 4.78 is 5.94. The summed E-state index contributed by atoms with van der Waals surface area (Å²) in [4.78, 5) is 15.2. The van der Waals surface area contributed by atoms with Crippen LogP contribution >= 0.6 is 0 Å². The van der Waals surface area contributed by atoms with E-state index in [1.807, 2.05) is 0 Å². The normalized spacial score (nSPS) is 21.0. The fraction of sp³-hybridized carbons (Fsp3) is 0.976. The minimum absolute atomic E-state index is 0.00335. The van der Waals surface area contributed by atoms with Gasteiger partial charge in [-0.2, -0.15) is 0 Å². The van der Waals surface area contributed by atoms with Crippen molar-refractivity contribution in [1.29, 1.82) is 0 Å². The Kier molecular flexibility index (Phi) is 31.3. The van der Waals surface area contributed by atoms with Crippen LogP contribution in [0.3, 0.4) is 0 Å². The van der Waals surface area contributed by atoms with E-state index in [0.717, 1.165) is 38.5 Å². The van der Waals surface area contributed by atoms with Crippen molar-refractivity contribution in [3.8, 4) is 0 Å². The van der Waals surface area contributed by atoms with Crippen LogP contribution in [0.2, 0.25) is 0 Å². The van der Waals surface area contributed by atoms with Gasteiger partial charge in [0.15, 0.2) is 6.23 Å². The Bertz CT molecular complexity index is 723. The Morgan fingerprint density at radius 1 is 0.531 bits per heavy atom. The second-order valence-electron chi connectivity index (χ2n) is 15.4. The van der Waals surface area contributed by atoms with E-state index in [9.17, 15) is 20.1 Å². The van der Waals surface area contributed by atoms with Crippen LogP contribution in [0.4, 0.5) is 0 Å². The highest BCUT2D eigenvalue weighted by Gasteiger charge is 2.45. The average Bonchev–Trinajstić information content (AvgIpc) is 3.10. The van der Waals surface area contributed by atoms with Crippen LogP contribution in [-0.4, -0.2) is 69.9 Å². The molecule has 292 valence electrons. The fourth-order valence-corrected chi connectivity index (χ4v) is 7.41. The molecule has 0 radical (unpaired) electrons. The van der Waals surface area contributed by atoms with E-state index in [0.29, 0.717) is 13.0 Å². The van der Waals surface area contributed by atoms with Gasteiger partial charge in [-0.05, 0) is 12.8 Å². The average molecular weight is 697 g/mol. The molecule has 1 amide bonds. The quantitative estimate of drug-likeness (QED) is 0.0490. The first-order chi connectivity index (χ1) is 24.0. The lowest BCUT2D eigenvalue weighted by Gasteiger charge is -2.45. The highest BCUT2D eigenvalue weighted by Crippen LogP contribution is 2.25. The Morgan fingerprint density at radius 2 is 0.857 bits per heavy atom. The Hall–Kier alpha value is -0.730. The molecule has 1 saturated heterocycles. The molecule has 7 heteroatoms. The fourth-order valence-electron chi connectivity index (χ4n) is 7.41. The molecule has 1 rings (SSSR count).